The Kier molecular flexibility index (Phi) is 4.43. The van der Waals surface area contributed by atoms with Gasteiger partial charge < -0.3 is 0 Å². The first-order valence-electron chi connectivity index (χ1n) is 8.24. The van der Waals surface area contributed by atoms with Crippen molar-refractivity contribution < 1.29 is 8.78 Å². The number of benzene rings is 3. The van der Waals surface area contributed by atoms with Gasteiger partial charge in [-0.15, -0.1) is 0 Å². The summed E-state index contributed by atoms with van der Waals surface area (Å²) in [7, 11) is 0. The van der Waals surface area contributed by atoms with Gasteiger partial charge in [0.15, 0.2) is 0 Å². The van der Waals surface area contributed by atoms with Crippen molar-refractivity contribution in [3.05, 3.63) is 101 Å². The molecule has 2 nitrogen and oxygen atoms in total. The Hall–Kier alpha value is -2.72. The van der Waals surface area contributed by atoms with Crippen LogP contribution in [0.4, 0.5) is 14.5 Å². The molecule has 0 spiro atoms. The van der Waals surface area contributed by atoms with E-state index in [4.69, 9.17) is 16.7 Å². The van der Waals surface area contributed by atoms with Crippen LogP contribution < -0.4 is 5.01 Å². The summed E-state index contributed by atoms with van der Waals surface area (Å²) in [6.45, 7) is 0. The van der Waals surface area contributed by atoms with E-state index in [1.807, 2.05) is 30.3 Å². The van der Waals surface area contributed by atoms with Crippen molar-refractivity contribution >= 4 is 23.0 Å². The Morgan fingerprint density at radius 1 is 0.885 bits per heavy atom. The molecule has 0 aliphatic carbocycles. The van der Waals surface area contributed by atoms with E-state index >= 15 is 0 Å². The Morgan fingerprint density at radius 3 is 2.31 bits per heavy atom. The van der Waals surface area contributed by atoms with Crippen LogP contribution in [0, 0.1) is 11.6 Å². The van der Waals surface area contributed by atoms with Crippen LogP contribution in [0.5, 0.6) is 0 Å². The molecule has 4 rings (SSSR count). The smallest absolute Gasteiger partial charge is 0.125 e. The molecule has 5 heteroatoms. The SMILES string of the molecule is Fc1ccc([C@H]2CC(c3ccc(Cl)cc3)=NN2c2cccc(F)c2)cc1. The van der Waals surface area contributed by atoms with E-state index in [0.29, 0.717) is 17.1 Å². The molecule has 0 fully saturated rings. The highest BCUT2D eigenvalue weighted by Gasteiger charge is 2.30. The van der Waals surface area contributed by atoms with Gasteiger partial charge in [-0.2, -0.15) is 5.10 Å². The zero-order valence-electron chi connectivity index (χ0n) is 13.7. The van der Waals surface area contributed by atoms with Gasteiger partial charge in [0.05, 0.1) is 17.4 Å². The summed E-state index contributed by atoms with van der Waals surface area (Å²) in [5, 5.41) is 7.17. The standard InChI is InChI=1S/C21H15ClF2N2/c22-16-8-4-14(5-9-16)20-13-21(15-6-10-17(23)11-7-15)26(25-20)19-3-1-2-18(24)12-19/h1-12,21H,13H2/t21-/m1/s1. The normalized spacial score (nSPS) is 16.7. The molecule has 0 bridgehead atoms. The lowest BCUT2D eigenvalue weighted by molar-refractivity contribution is 0.621. The summed E-state index contributed by atoms with van der Waals surface area (Å²) in [6.07, 6.45) is 0.629. The highest BCUT2D eigenvalue weighted by atomic mass is 35.5. The average Bonchev–Trinajstić information content (AvgIpc) is 3.08. The number of nitrogens with zero attached hydrogens (tertiary/aromatic N) is 2. The maximum absolute atomic E-state index is 13.7. The molecule has 0 aromatic heterocycles. The van der Waals surface area contributed by atoms with Gasteiger partial charge in [-0.1, -0.05) is 41.9 Å². The minimum Gasteiger partial charge on any atom is -0.257 e. The topological polar surface area (TPSA) is 15.6 Å². The summed E-state index contributed by atoms with van der Waals surface area (Å²) < 4.78 is 27.0. The van der Waals surface area contributed by atoms with Gasteiger partial charge in [-0.3, -0.25) is 5.01 Å². The Balaban J connectivity index is 1.75. The molecule has 1 atom stereocenters. The molecule has 1 aliphatic rings. The van der Waals surface area contributed by atoms with Crippen LogP contribution in [0.2, 0.25) is 5.02 Å². The zero-order chi connectivity index (χ0) is 18.1. The van der Waals surface area contributed by atoms with E-state index in [2.05, 4.69) is 0 Å². The summed E-state index contributed by atoms with van der Waals surface area (Å²) in [4.78, 5) is 0. The van der Waals surface area contributed by atoms with Crippen LogP contribution in [0.15, 0.2) is 77.9 Å². The number of hydrazone groups is 1. The van der Waals surface area contributed by atoms with Crippen LogP contribution >= 0.6 is 11.6 Å². The first kappa shape index (κ1) is 16.7. The van der Waals surface area contributed by atoms with Crippen molar-refractivity contribution in [1.82, 2.24) is 0 Å². The number of anilines is 1. The molecule has 1 heterocycles. The lowest BCUT2D eigenvalue weighted by Crippen LogP contribution is -2.18. The van der Waals surface area contributed by atoms with Crippen molar-refractivity contribution in [2.75, 3.05) is 5.01 Å². The summed E-state index contributed by atoms with van der Waals surface area (Å²) in [6, 6.07) is 20.0. The van der Waals surface area contributed by atoms with E-state index in [1.165, 1.54) is 24.3 Å². The van der Waals surface area contributed by atoms with Gasteiger partial charge in [0.1, 0.15) is 11.6 Å². The second-order valence-electron chi connectivity index (χ2n) is 6.15. The van der Waals surface area contributed by atoms with Crippen molar-refractivity contribution in [2.24, 2.45) is 5.10 Å². The molecule has 0 N–H and O–H groups in total. The van der Waals surface area contributed by atoms with Gasteiger partial charge in [0.2, 0.25) is 0 Å². The zero-order valence-corrected chi connectivity index (χ0v) is 14.5. The highest BCUT2D eigenvalue weighted by Crippen LogP contribution is 2.37. The largest absolute Gasteiger partial charge is 0.257 e. The predicted octanol–water partition coefficient (Wildman–Crippen LogP) is 5.97. The molecule has 130 valence electrons. The molecule has 0 saturated heterocycles. The molecule has 0 amide bonds. The van der Waals surface area contributed by atoms with E-state index < -0.39 is 0 Å². The minimum atomic E-state index is -0.324. The Bertz CT molecular complexity index is 953. The molecule has 0 radical (unpaired) electrons. The van der Waals surface area contributed by atoms with Gasteiger partial charge in [0, 0.05) is 11.4 Å². The summed E-state index contributed by atoms with van der Waals surface area (Å²) >= 11 is 5.97. The van der Waals surface area contributed by atoms with Crippen molar-refractivity contribution in [2.45, 2.75) is 12.5 Å². The van der Waals surface area contributed by atoms with Crippen LogP contribution in [0.25, 0.3) is 0 Å². The molecule has 3 aromatic rings. The Labute approximate surface area is 155 Å². The number of hydrogen-bond acceptors (Lipinski definition) is 2. The molecule has 26 heavy (non-hydrogen) atoms. The van der Waals surface area contributed by atoms with Gasteiger partial charge in [0.25, 0.3) is 0 Å². The third-order valence-electron chi connectivity index (χ3n) is 4.42. The molecule has 3 aromatic carbocycles. The fraction of sp³-hybridized carbons (Fsp3) is 0.0952. The number of halogens is 3. The van der Waals surface area contributed by atoms with Crippen molar-refractivity contribution in [1.29, 1.82) is 0 Å². The lowest BCUT2D eigenvalue weighted by atomic mass is 9.98. The van der Waals surface area contributed by atoms with E-state index in [1.54, 1.807) is 23.2 Å². The minimum absolute atomic E-state index is 0.136. The lowest BCUT2D eigenvalue weighted by Gasteiger charge is -2.24. The average molecular weight is 369 g/mol. The first-order valence-corrected chi connectivity index (χ1v) is 8.61. The molecular weight excluding hydrogens is 354 g/mol. The van der Waals surface area contributed by atoms with Gasteiger partial charge in [-0.05, 0) is 53.6 Å². The maximum Gasteiger partial charge on any atom is 0.125 e. The van der Waals surface area contributed by atoms with Gasteiger partial charge in [-0.25, -0.2) is 8.78 Å². The van der Waals surface area contributed by atoms with Gasteiger partial charge >= 0.3 is 0 Å². The quantitative estimate of drug-likeness (QED) is 0.555. The monoisotopic (exact) mass is 368 g/mol. The number of rotatable bonds is 3. The van der Waals surface area contributed by atoms with Crippen LogP contribution in [0.3, 0.4) is 0 Å². The third-order valence-corrected chi connectivity index (χ3v) is 4.67. The number of hydrogen-bond donors (Lipinski definition) is 0. The Morgan fingerprint density at radius 2 is 1.62 bits per heavy atom. The summed E-state index contributed by atoms with van der Waals surface area (Å²) in [5.41, 5.74) is 3.41. The molecule has 1 aliphatic heterocycles. The van der Waals surface area contributed by atoms with E-state index in [-0.39, 0.29) is 17.7 Å². The highest BCUT2D eigenvalue weighted by molar-refractivity contribution is 6.30. The van der Waals surface area contributed by atoms with Crippen molar-refractivity contribution in [3.63, 3.8) is 0 Å². The van der Waals surface area contributed by atoms with Crippen LogP contribution in [0.1, 0.15) is 23.6 Å². The fourth-order valence-electron chi connectivity index (χ4n) is 3.13. The second-order valence-corrected chi connectivity index (χ2v) is 6.59. The first-order chi connectivity index (χ1) is 12.6. The predicted molar refractivity (Wildman–Crippen MR) is 101 cm³/mol. The second kappa shape index (κ2) is 6.89. The van der Waals surface area contributed by atoms with Crippen molar-refractivity contribution in [3.8, 4) is 0 Å². The maximum atomic E-state index is 13.7. The fourth-order valence-corrected chi connectivity index (χ4v) is 3.25. The van der Waals surface area contributed by atoms with E-state index in [9.17, 15) is 8.78 Å². The molecule has 0 unspecified atom stereocenters. The van der Waals surface area contributed by atoms with E-state index in [0.717, 1.165) is 16.8 Å². The molecule has 0 saturated carbocycles. The summed E-state index contributed by atoms with van der Waals surface area (Å²) in [5.74, 6) is -0.613. The third kappa shape index (κ3) is 3.33. The van der Waals surface area contributed by atoms with Crippen LogP contribution in [-0.4, -0.2) is 5.71 Å². The molecular formula is C21H15ClF2N2. The van der Waals surface area contributed by atoms with Crippen LogP contribution in [-0.2, 0) is 0 Å².